The molecule has 1 fully saturated rings. The van der Waals surface area contributed by atoms with Gasteiger partial charge in [-0.25, -0.2) is 4.68 Å². The summed E-state index contributed by atoms with van der Waals surface area (Å²) in [5.74, 6) is 1.28. The lowest BCUT2D eigenvalue weighted by Gasteiger charge is -2.32. The summed E-state index contributed by atoms with van der Waals surface area (Å²) in [6.07, 6.45) is 8.52. The molecule has 0 bridgehead atoms. The Morgan fingerprint density at radius 1 is 1.23 bits per heavy atom. The zero-order chi connectivity index (χ0) is 17.5. The summed E-state index contributed by atoms with van der Waals surface area (Å²) < 4.78 is 7.26. The van der Waals surface area contributed by atoms with Gasteiger partial charge in [-0.2, -0.15) is 10.2 Å². The van der Waals surface area contributed by atoms with Gasteiger partial charge in [0, 0.05) is 31.1 Å². The van der Waals surface area contributed by atoms with E-state index in [4.69, 9.17) is 4.42 Å². The third-order valence-electron chi connectivity index (χ3n) is 5.62. The molecule has 0 amide bonds. The van der Waals surface area contributed by atoms with Crippen molar-refractivity contribution in [2.45, 2.75) is 38.6 Å². The molecule has 2 aliphatic rings. The Labute approximate surface area is 150 Å². The number of aromatic nitrogens is 4. The number of rotatable bonds is 3. The number of hydrogen-bond acceptors (Lipinski definition) is 6. The average molecular weight is 351 g/mol. The summed E-state index contributed by atoms with van der Waals surface area (Å²) in [5, 5.41) is 14.0. The van der Waals surface area contributed by atoms with Gasteiger partial charge in [0.15, 0.2) is 11.4 Å². The van der Waals surface area contributed by atoms with Gasteiger partial charge >= 0.3 is 0 Å². The second kappa shape index (κ2) is 6.23. The van der Waals surface area contributed by atoms with Gasteiger partial charge in [-0.05, 0) is 49.7 Å². The molecule has 0 radical (unpaired) electrons. The fourth-order valence-corrected chi connectivity index (χ4v) is 4.14. The topological polar surface area (TPSA) is 77.1 Å². The quantitative estimate of drug-likeness (QED) is 0.720. The fraction of sp³-hybridized carbons (Fsp3) is 0.474. The maximum atomic E-state index is 12.3. The van der Waals surface area contributed by atoms with Crippen molar-refractivity contribution in [3.63, 3.8) is 0 Å². The third-order valence-corrected chi connectivity index (χ3v) is 5.62. The van der Waals surface area contributed by atoms with Crippen LogP contribution in [0.25, 0.3) is 11.0 Å². The van der Waals surface area contributed by atoms with Crippen molar-refractivity contribution in [3.05, 3.63) is 46.2 Å². The van der Waals surface area contributed by atoms with Crippen LogP contribution in [0.3, 0.4) is 0 Å². The van der Waals surface area contributed by atoms with Crippen LogP contribution in [0.5, 0.6) is 0 Å². The molecule has 7 nitrogen and oxygen atoms in total. The number of nitrogens with zero attached hydrogens (tertiary/aromatic N) is 5. The molecule has 5 rings (SSSR count). The molecule has 3 aromatic rings. The van der Waals surface area contributed by atoms with Crippen LogP contribution in [0.2, 0.25) is 0 Å². The van der Waals surface area contributed by atoms with Crippen molar-refractivity contribution >= 4 is 16.8 Å². The minimum atomic E-state index is 0.0410. The zero-order valence-electron chi connectivity index (χ0n) is 14.6. The highest BCUT2D eigenvalue weighted by molar-refractivity contribution is 5.86. The van der Waals surface area contributed by atoms with E-state index in [1.165, 1.54) is 0 Å². The molecule has 1 aliphatic carbocycles. The molecule has 134 valence electrons. The maximum Gasteiger partial charge on any atom is 0.267 e. The van der Waals surface area contributed by atoms with E-state index in [1.807, 2.05) is 6.07 Å². The second-order valence-corrected chi connectivity index (χ2v) is 7.29. The first-order chi connectivity index (χ1) is 12.8. The Kier molecular flexibility index (Phi) is 3.72. The lowest BCUT2D eigenvalue weighted by Crippen LogP contribution is -2.37. The summed E-state index contributed by atoms with van der Waals surface area (Å²) in [6.45, 7) is 2.48. The van der Waals surface area contributed by atoms with Crippen molar-refractivity contribution < 1.29 is 4.42 Å². The molecule has 3 aromatic heterocycles. The van der Waals surface area contributed by atoms with Crippen LogP contribution >= 0.6 is 0 Å². The number of anilines is 1. The van der Waals surface area contributed by atoms with Crippen LogP contribution in [0.1, 0.15) is 30.5 Å². The van der Waals surface area contributed by atoms with E-state index in [1.54, 1.807) is 23.2 Å². The molecule has 1 aliphatic heterocycles. The van der Waals surface area contributed by atoms with E-state index >= 15 is 0 Å². The van der Waals surface area contributed by atoms with E-state index in [0.29, 0.717) is 12.5 Å². The van der Waals surface area contributed by atoms with E-state index in [-0.39, 0.29) is 5.56 Å². The first-order valence-corrected chi connectivity index (χ1v) is 9.32. The normalized spacial score (nSPS) is 17.8. The largest absolute Gasteiger partial charge is 0.460 e. The van der Waals surface area contributed by atoms with Gasteiger partial charge in [0.05, 0.1) is 18.2 Å². The highest BCUT2D eigenvalue weighted by Crippen LogP contribution is 2.28. The Morgan fingerprint density at radius 3 is 3.00 bits per heavy atom. The molecule has 4 heterocycles. The number of furan rings is 1. The van der Waals surface area contributed by atoms with Crippen molar-refractivity contribution in [1.29, 1.82) is 0 Å². The van der Waals surface area contributed by atoms with Crippen LogP contribution in [0.15, 0.2) is 33.8 Å². The van der Waals surface area contributed by atoms with Gasteiger partial charge in [0.25, 0.3) is 5.56 Å². The van der Waals surface area contributed by atoms with Crippen LogP contribution in [0.4, 0.5) is 5.82 Å². The lowest BCUT2D eigenvalue weighted by atomic mass is 9.97. The van der Waals surface area contributed by atoms with E-state index < -0.39 is 0 Å². The predicted molar refractivity (Wildman–Crippen MR) is 97.3 cm³/mol. The van der Waals surface area contributed by atoms with Gasteiger partial charge in [-0.15, -0.1) is 5.10 Å². The van der Waals surface area contributed by atoms with Crippen molar-refractivity contribution in [2.24, 2.45) is 5.92 Å². The maximum absolute atomic E-state index is 12.3. The second-order valence-electron chi connectivity index (χ2n) is 7.29. The number of piperidine rings is 1. The Balaban J connectivity index is 1.29. The van der Waals surface area contributed by atoms with Crippen LogP contribution in [0, 0.1) is 5.92 Å². The zero-order valence-corrected chi connectivity index (χ0v) is 14.6. The Morgan fingerprint density at radius 2 is 2.12 bits per heavy atom. The highest BCUT2D eigenvalue weighted by atomic mass is 16.3. The average Bonchev–Trinajstić information content (AvgIpc) is 3.31. The van der Waals surface area contributed by atoms with Crippen LogP contribution < -0.4 is 10.5 Å². The molecule has 0 unspecified atom stereocenters. The Bertz CT molecular complexity index is 1000. The molecule has 0 aromatic carbocycles. The van der Waals surface area contributed by atoms with Crippen molar-refractivity contribution in [2.75, 3.05) is 18.0 Å². The standard InChI is InChI=1S/C19H21N5O2/c25-17-10-14-2-1-3-16(14)22-24(17)12-13-4-7-23(8-5-13)19-18-15(6-9-26-18)11-20-21-19/h6,9-11,13H,1-5,7-8,12H2. The fourth-order valence-electron chi connectivity index (χ4n) is 4.14. The summed E-state index contributed by atoms with van der Waals surface area (Å²) >= 11 is 0. The smallest absolute Gasteiger partial charge is 0.267 e. The highest BCUT2D eigenvalue weighted by Gasteiger charge is 2.24. The molecule has 26 heavy (non-hydrogen) atoms. The Hall–Kier alpha value is -2.70. The van der Waals surface area contributed by atoms with Crippen molar-refractivity contribution in [1.82, 2.24) is 20.0 Å². The molecule has 7 heteroatoms. The minimum Gasteiger partial charge on any atom is -0.460 e. The van der Waals surface area contributed by atoms with Gasteiger partial charge in [0.2, 0.25) is 0 Å². The first-order valence-electron chi connectivity index (χ1n) is 9.32. The predicted octanol–water partition coefficient (Wildman–Crippen LogP) is 2.18. The summed E-state index contributed by atoms with van der Waals surface area (Å²) in [6, 6.07) is 3.70. The SMILES string of the molecule is O=c1cc2c(nn1CC1CCN(c3nncc4ccoc34)CC1)CCC2. The van der Waals surface area contributed by atoms with E-state index in [2.05, 4.69) is 20.2 Å². The van der Waals surface area contributed by atoms with Gasteiger partial charge in [-0.1, -0.05) is 0 Å². The van der Waals surface area contributed by atoms with Gasteiger partial charge in [0.1, 0.15) is 0 Å². The molecule has 0 spiro atoms. The number of fused-ring (bicyclic) bond motifs is 2. The van der Waals surface area contributed by atoms with E-state index in [0.717, 1.165) is 73.2 Å². The minimum absolute atomic E-state index is 0.0410. The van der Waals surface area contributed by atoms with Crippen molar-refractivity contribution in [3.8, 4) is 0 Å². The summed E-state index contributed by atoms with van der Waals surface area (Å²) in [5.41, 5.74) is 3.10. The molecule has 0 atom stereocenters. The number of hydrogen-bond donors (Lipinski definition) is 0. The van der Waals surface area contributed by atoms with Crippen LogP contribution in [-0.2, 0) is 19.4 Å². The molecule has 0 N–H and O–H groups in total. The molecule has 0 saturated carbocycles. The lowest BCUT2D eigenvalue weighted by molar-refractivity contribution is 0.332. The van der Waals surface area contributed by atoms with E-state index in [9.17, 15) is 4.79 Å². The monoisotopic (exact) mass is 351 g/mol. The molecule has 1 saturated heterocycles. The first kappa shape index (κ1) is 15.5. The molecular formula is C19H21N5O2. The third kappa shape index (κ3) is 2.67. The summed E-state index contributed by atoms with van der Waals surface area (Å²) in [4.78, 5) is 14.5. The van der Waals surface area contributed by atoms with Gasteiger partial charge in [-0.3, -0.25) is 4.79 Å². The van der Waals surface area contributed by atoms with Gasteiger partial charge < -0.3 is 9.32 Å². The molecular weight excluding hydrogens is 330 g/mol. The number of aryl methyl sites for hydroxylation is 2. The summed E-state index contributed by atoms with van der Waals surface area (Å²) in [7, 11) is 0. The van der Waals surface area contributed by atoms with Crippen LogP contribution in [-0.4, -0.2) is 33.1 Å².